The lowest BCUT2D eigenvalue weighted by Gasteiger charge is -2.17. The van der Waals surface area contributed by atoms with E-state index < -0.39 is 6.10 Å². The van der Waals surface area contributed by atoms with Gasteiger partial charge in [0.1, 0.15) is 5.76 Å². The van der Waals surface area contributed by atoms with E-state index >= 15 is 0 Å². The van der Waals surface area contributed by atoms with E-state index in [1.807, 2.05) is 20.8 Å². The largest absolute Gasteiger partial charge is 0.440 e. The fourth-order valence-electron chi connectivity index (χ4n) is 2.92. The van der Waals surface area contributed by atoms with Gasteiger partial charge in [0.2, 0.25) is 5.89 Å². The lowest BCUT2D eigenvalue weighted by Crippen LogP contribution is -2.29. The molecule has 1 saturated heterocycles. The number of aromatic nitrogens is 1. The highest BCUT2D eigenvalue weighted by Gasteiger charge is 2.33. The van der Waals surface area contributed by atoms with Gasteiger partial charge in [-0.1, -0.05) is 0 Å². The van der Waals surface area contributed by atoms with Crippen LogP contribution in [0, 0.1) is 13.8 Å². The lowest BCUT2D eigenvalue weighted by atomic mass is 10.2. The Balaban J connectivity index is 1.70. The number of aliphatic hydroxyl groups is 1. The molecular formula is C17H24N2O3S. The molecule has 0 aliphatic carbocycles. The van der Waals surface area contributed by atoms with E-state index in [9.17, 15) is 5.11 Å². The summed E-state index contributed by atoms with van der Waals surface area (Å²) in [4.78, 5) is 7.93. The average molecular weight is 336 g/mol. The van der Waals surface area contributed by atoms with E-state index in [-0.39, 0.29) is 12.2 Å². The average Bonchev–Trinajstić information content (AvgIpc) is 3.12. The lowest BCUT2D eigenvalue weighted by molar-refractivity contribution is -0.0396. The van der Waals surface area contributed by atoms with Gasteiger partial charge in [0.05, 0.1) is 28.9 Å². The Morgan fingerprint density at radius 1 is 1.43 bits per heavy atom. The number of hydrogen-bond donors (Lipinski definition) is 1. The van der Waals surface area contributed by atoms with E-state index in [4.69, 9.17) is 9.15 Å². The molecule has 0 bridgehead atoms. The van der Waals surface area contributed by atoms with Gasteiger partial charge in [0.25, 0.3) is 0 Å². The molecule has 0 unspecified atom stereocenters. The summed E-state index contributed by atoms with van der Waals surface area (Å²) >= 11 is 1.65. The van der Waals surface area contributed by atoms with Crippen LogP contribution in [0.3, 0.4) is 0 Å². The first kappa shape index (κ1) is 16.6. The molecule has 3 rings (SSSR count). The van der Waals surface area contributed by atoms with E-state index in [0.717, 1.165) is 22.9 Å². The van der Waals surface area contributed by atoms with Gasteiger partial charge < -0.3 is 14.3 Å². The van der Waals surface area contributed by atoms with Crippen LogP contribution in [0.2, 0.25) is 0 Å². The maximum absolute atomic E-state index is 10.1. The fraction of sp³-hybridized carbons (Fsp3) is 0.588. The summed E-state index contributed by atoms with van der Waals surface area (Å²) in [6.07, 6.45) is -0.443. The third-order valence-electron chi connectivity index (χ3n) is 4.08. The molecule has 2 aromatic heterocycles. The molecule has 3 heterocycles. The van der Waals surface area contributed by atoms with Gasteiger partial charge in [0, 0.05) is 19.6 Å². The Morgan fingerprint density at radius 2 is 2.22 bits per heavy atom. The van der Waals surface area contributed by atoms with Crippen molar-refractivity contribution in [2.24, 2.45) is 0 Å². The first-order chi connectivity index (χ1) is 10.9. The van der Waals surface area contributed by atoms with Crippen molar-refractivity contribution in [3.05, 3.63) is 28.5 Å². The Hall–Kier alpha value is -1.21. The molecule has 1 N–H and O–H groups in total. The van der Waals surface area contributed by atoms with Crippen molar-refractivity contribution in [1.29, 1.82) is 0 Å². The van der Waals surface area contributed by atoms with Crippen LogP contribution in [-0.4, -0.2) is 46.4 Å². The summed E-state index contributed by atoms with van der Waals surface area (Å²) in [6, 6.07) is 2.07. The summed E-state index contributed by atoms with van der Waals surface area (Å²) < 4.78 is 11.6. The molecule has 126 valence electrons. The highest BCUT2D eigenvalue weighted by Crippen LogP contribution is 2.30. The second-order valence-corrected chi connectivity index (χ2v) is 7.36. The maximum atomic E-state index is 10.1. The predicted molar refractivity (Wildman–Crippen MR) is 90.6 cm³/mol. The minimum absolute atomic E-state index is 0.122. The summed E-state index contributed by atoms with van der Waals surface area (Å²) in [5.74, 6) is 1.54. The van der Waals surface area contributed by atoms with Crippen molar-refractivity contribution < 1.29 is 14.3 Å². The van der Waals surface area contributed by atoms with Crippen LogP contribution in [0.15, 0.2) is 15.9 Å². The molecule has 0 aromatic carbocycles. The zero-order valence-corrected chi connectivity index (χ0v) is 14.9. The fourth-order valence-corrected chi connectivity index (χ4v) is 3.77. The van der Waals surface area contributed by atoms with Gasteiger partial charge in [-0.15, -0.1) is 11.3 Å². The molecule has 0 radical (unpaired) electrons. The number of rotatable bonds is 5. The van der Waals surface area contributed by atoms with E-state index in [1.54, 1.807) is 11.3 Å². The summed E-state index contributed by atoms with van der Waals surface area (Å²) in [6.45, 7) is 10.0. The zero-order valence-electron chi connectivity index (χ0n) is 14.1. The van der Waals surface area contributed by atoms with Crippen LogP contribution in [0.25, 0.3) is 10.8 Å². The molecule has 2 aromatic rings. The number of aliphatic hydroxyl groups excluding tert-OH is 1. The molecule has 2 atom stereocenters. The topological polar surface area (TPSA) is 58.7 Å². The highest BCUT2D eigenvalue weighted by molar-refractivity contribution is 7.13. The minimum atomic E-state index is -0.441. The minimum Gasteiger partial charge on any atom is -0.440 e. The van der Waals surface area contributed by atoms with Crippen LogP contribution in [0.5, 0.6) is 0 Å². The van der Waals surface area contributed by atoms with Gasteiger partial charge in [-0.3, -0.25) is 4.90 Å². The van der Waals surface area contributed by atoms with Crippen molar-refractivity contribution in [2.45, 2.75) is 52.6 Å². The normalized spacial score (nSPS) is 22.3. The van der Waals surface area contributed by atoms with Crippen molar-refractivity contribution in [3.63, 3.8) is 0 Å². The van der Waals surface area contributed by atoms with Gasteiger partial charge in [-0.05, 0) is 44.7 Å². The maximum Gasteiger partial charge on any atom is 0.237 e. The second kappa shape index (κ2) is 6.73. The number of thiophene rings is 1. The standard InChI is InChI=1S/C17H24N2O3S/c1-10(2)21-15-9-19(8-14(15)20)7-13-12(4)22-17(18-13)16-11(3)5-6-23-16/h5-6,10,14-15,20H,7-9H2,1-4H3/t14-,15-/m0/s1. The summed E-state index contributed by atoms with van der Waals surface area (Å²) in [5.41, 5.74) is 2.12. The van der Waals surface area contributed by atoms with E-state index in [0.29, 0.717) is 19.0 Å². The Labute approximate surface area is 140 Å². The molecule has 23 heavy (non-hydrogen) atoms. The molecule has 0 amide bonds. The quantitative estimate of drug-likeness (QED) is 0.909. The second-order valence-electron chi connectivity index (χ2n) is 6.44. The smallest absolute Gasteiger partial charge is 0.237 e. The monoisotopic (exact) mass is 336 g/mol. The van der Waals surface area contributed by atoms with Gasteiger partial charge >= 0.3 is 0 Å². The van der Waals surface area contributed by atoms with Gasteiger partial charge in [-0.25, -0.2) is 4.98 Å². The van der Waals surface area contributed by atoms with Crippen LogP contribution >= 0.6 is 11.3 Å². The number of hydrogen-bond acceptors (Lipinski definition) is 6. The van der Waals surface area contributed by atoms with Gasteiger partial charge in [-0.2, -0.15) is 0 Å². The Kier molecular flexibility index (Phi) is 4.87. The van der Waals surface area contributed by atoms with Crippen molar-refractivity contribution in [1.82, 2.24) is 9.88 Å². The van der Waals surface area contributed by atoms with Crippen molar-refractivity contribution in [2.75, 3.05) is 13.1 Å². The third-order valence-corrected chi connectivity index (χ3v) is 5.09. The molecule has 1 aliphatic heterocycles. The Morgan fingerprint density at radius 3 is 2.87 bits per heavy atom. The van der Waals surface area contributed by atoms with Crippen molar-refractivity contribution >= 4 is 11.3 Å². The number of ether oxygens (including phenoxy) is 1. The van der Waals surface area contributed by atoms with E-state index in [1.165, 1.54) is 5.56 Å². The zero-order chi connectivity index (χ0) is 16.6. The number of likely N-dealkylation sites (tertiary alicyclic amines) is 1. The molecule has 6 heteroatoms. The van der Waals surface area contributed by atoms with Crippen LogP contribution in [0.1, 0.15) is 30.9 Å². The molecule has 1 aliphatic rings. The van der Waals surface area contributed by atoms with Crippen molar-refractivity contribution in [3.8, 4) is 10.8 Å². The molecular weight excluding hydrogens is 312 g/mol. The predicted octanol–water partition coefficient (Wildman–Crippen LogP) is 2.99. The van der Waals surface area contributed by atoms with Crippen LogP contribution in [-0.2, 0) is 11.3 Å². The first-order valence-corrected chi connectivity index (χ1v) is 8.88. The third kappa shape index (κ3) is 3.66. The number of aryl methyl sites for hydroxylation is 2. The SMILES string of the molecule is Cc1ccsc1-c1nc(CN2C[C@H](OC(C)C)[C@@H](O)C2)c(C)o1. The number of β-amino-alcohol motifs (C(OH)–C–C–N with tert-alkyl or cyclic N) is 1. The molecule has 5 nitrogen and oxygen atoms in total. The van der Waals surface area contributed by atoms with Crippen LogP contribution in [0.4, 0.5) is 0 Å². The first-order valence-electron chi connectivity index (χ1n) is 8.00. The van der Waals surface area contributed by atoms with Crippen LogP contribution < -0.4 is 0 Å². The molecule has 0 spiro atoms. The molecule has 1 fully saturated rings. The number of nitrogens with zero attached hydrogens (tertiary/aromatic N) is 2. The highest BCUT2D eigenvalue weighted by atomic mass is 32.1. The molecule has 0 saturated carbocycles. The Bertz CT molecular complexity index is 665. The number of oxazole rings is 1. The summed E-state index contributed by atoms with van der Waals surface area (Å²) in [7, 11) is 0. The van der Waals surface area contributed by atoms with E-state index in [2.05, 4.69) is 28.3 Å². The summed E-state index contributed by atoms with van der Waals surface area (Å²) in [5, 5.41) is 12.2. The van der Waals surface area contributed by atoms with Gasteiger partial charge in [0.15, 0.2) is 0 Å².